The summed E-state index contributed by atoms with van der Waals surface area (Å²) in [5.74, 6) is 0. The van der Waals surface area contributed by atoms with Gasteiger partial charge in [-0.15, -0.1) is 0 Å². The van der Waals surface area contributed by atoms with Crippen LogP contribution in [0.3, 0.4) is 0 Å². The third-order valence-electron chi connectivity index (χ3n) is 4.65. The van der Waals surface area contributed by atoms with Crippen LogP contribution in [0.5, 0.6) is 0 Å². The highest BCUT2D eigenvalue weighted by Gasteiger charge is 2.39. The molecule has 0 radical (unpaired) electrons. The molecular weight excluding hydrogens is 312 g/mol. The molecule has 1 heterocycles. The van der Waals surface area contributed by atoms with Gasteiger partial charge in [-0.05, 0) is 12.8 Å². The highest BCUT2D eigenvalue weighted by molar-refractivity contribution is 4.84. The lowest BCUT2D eigenvalue weighted by Gasteiger charge is -2.34. The second-order valence-corrected chi connectivity index (χ2v) is 8.47. The fourth-order valence-electron chi connectivity index (χ4n) is 2.57. The first-order valence-corrected chi connectivity index (χ1v) is 8.72. The number of aliphatic hydroxyl groups is 2. The zero-order valence-corrected chi connectivity index (χ0v) is 16.0. The molecule has 0 aromatic carbocycles. The Morgan fingerprint density at radius 2 is 1.83 bits per heavy atom. The van der Waals surface area contributed by atoms with Gasteiger partial charge in [-0.2, -0.15) is 0 Å². The molecule has 2 unspecified atom stereocenters. The Morgan fingerprint density at radius 1 is 1.12 bits per heavy atom. The largest absolute Gasteiger partial charge is 0.396 e. The van der Waals surface area contributed by atoms with Crippen LogP contribution in [-0.2, 0) is 18.9 Å². The SMILES string of the molecule is COCCC1(COCC(C)(C)CO)CCOC(C(C)(C)CO)OC1. The summed E-state index contributed by atoms with van der Waals surface area (Å²) in [6.07, 6.45) is 1.20. The Labute approximate surface area is 146 Å². The predicted octanol–water partition coefficient (Wildman–Crippen LogP) is 1.83. The van der Waals surface area contributed by atoms with Crippen LogP contribution in [0.25, 0.3) is 0 Å². The molecule has 24 heavy (non-hydrogen) atoms. The Kier molecular flexibility index (Phi) is 8.59. The second-order valence-electron chi connectivity index (χ2n) is 8.47. The van der Waals surface area contributed by atoms with Crippen LogP contribution in [0.15, 0.2) is 0 Å². The van der Waals surface area contributed by atoms with E-state index in [9.17, 15) is 10.2 Å². The molecule has 0 saturated carbocycles. The summed E-state index contributed by atoms with van der Waals surface area (Å²) in [7, 11) is 1.69. The summed E-state index contributed by atoms with van der Waals surface area (Å²) >= 11 is 0. The third-order valence-corrected chi connectivity index (χ3v) is 4.65. The number of hydrogen-bond acceptors (Lipinski definition) is 6. The van der Waals surface area contributed by atoms with Gasteiger partial charge in [0, 0.05) is 30.0 Å². The van der Waals surface area contributed by atoms with Gasteiger partial charge in [0.15, 0.2) is 6.29 Å². The molecule has 0 bridgehead atoms. The van der Waals surface area contributed by atoms with Crippen LogP contribution in [0.2, 0.25) is 0 Å². The maximum Gasteiger partial charge on any atom is 0.164 e. The van der Waals surface area contributed by atoms with Crippen molar-refractivity contribution in [1.82, 2.24) is 0 Å². The molecule has 0 amide bonds. The fraction of sp³-hybridized carbons (Fsp3) is 1.00. The van der Waals surface area contributed by atoms with E-state index >= 15 is 0 Å². The molecule has 1 aliphatic heterocycles. The first-order chi connectivity index (χ1) is 11.2. The lowest BCUT2D eigenvalue weighted by molar-refractivity contribution is -0.202. The lowest BCUT2D eigenvalue weighted by Crippen LogP contribution is -2.39. The average Bonchev–Trinajstić information content (AvgIpc) is 2.76. The third kappa shape index (κ3) is 6.58. The predicted molar refractivity (Wildman–Crippen MR) is 91.8 cm³/mol. The summed E-state index contributed by atoms with van der Waals surface area (Å²) in [5.41, 5.74) is -0.884. The van der Waals surface area contributed by atoms with E-state index in [0.717, 1.165) is 12.8 Å². The van der Waals surface area contributed by atoms with Gasteiger partial charge in [-0.1, -0.05) is 27.7 Å². The van der Waals surface area contributed by atoms with Crippen molar-refractivity contribution in [2.45, 2.75) is 46.8 Å². The van der Waals surface area contributed by atoms with E-state index in [4.69, 9.17) is 18.9 Å². The second kappa shape index (κ2) is 9.46. The standard InChI is InChI=1S/C18H36O6/c1-16(2,10-19)12-22-13-18(6-8-21-5)7-9-23-15(24-14-18)17(3,4)11-20/h15,19-20H,6-14H2,1-5H3. The maximum absolute atomic E-state index is 9.54. The molecule has 1 rings (SSSR count). The quantitative estimate of drug-likeness (QED) is 0.627. The van der Waals surface area contributed by atoms with Crippen LogP contribution in [0.1, 0.15) is 40.5 Å². The number of hydrogen-bond donors (Lipinski definition) is 2. The van der Waals surface area contributed by atoms with Gasteiger partial charge >= 0.3 is 0 Å². The topological polar surface area (TPSA) is 77.4 Å². The fourth-order valence-corrected chi connectivity index (χ4v) is 2.57. The molecule has 0 aromatic rings. The molecule has 144 valence electrons. The van der Waals surface area contributed by atoms with Gasteiger partial charge in [0.25, 0.3) is 0 Å². The minimum atomic E-state index is -0.447. The van der Waals surface area contributed by atoms with Gasteiger partial charge < -0.3 is 29.2 Å². The van der Waals surface area contributed by atoms with Crippen LogP contribution < -0.4 is 0 Å². The van der Waals surface area contributed by atoms with E-state index in [0.29, 0.717) is 33.0 Å². The average molecular weight is 348 g/mol. The molecule has 2 N–H and O–H groups in total. The molecule has 1 saturated heterocycles. The first kappa shape index (κ1) is 21.8. The van der Waals surface area contributed by atoms with Crippen molar-refractivity contribution in [3.8, 4) is 0 Å². The number of rotatable bonds is 10. The van der Waals surface area contributed by atoms with Crippen molar-refractivity contribution in [3.05, 3.63) is 0 Å². The Morgan fingerprint density at radius 3 is 2.42 bits per heavy atom. The minimum absolute atomic E-state index is 0.00390. The van der Waals surface area contributed by atoms with E-state index in [1.165, 1.54) is 0 Å². The van der Waals surface area contributed by atoms with E-state index < -0.39 is 11.7 Å². The van der Waals surface area contributed by atoms with Crippen molar-refractivity contribution in [3.63, 3.8) is 0 Å². The molecule has 2 atom stereocenters. The van der Waals surface area contributed by atoms with Gasteiger partial charge in [0.2, 0.25) is 0 Å². The summed E-state index contributed by atoms with van der Waals surface area (Å²) in [4.78, 5) is 0. The van der Waals surface area contributed by atoms with Crippen molar-refractivity contribution in [2.24, 2.45) is 16.2 Å². The van der Waals surface area contributed by atoms with Crippen LogP contribution in [0.4, 0.5) is 0 Å². The molecule has 1 aliphatic rings. The number of ether oxygens (including phenoxy) is 4. The highest BCUT2D eigenvalue weighted by atomic mass is 16.7. The summed E-state index contributed by atoms with van der Waals surface area (Å²) in [6, 6.07) is 0. The van der Waals surface area contributed by atoms with Crippen molar-refractivity contribution in [2.75, 3.05) is 53.4 Å². The van der Waals surface area contributed by atoms with Crippen molar-refractivity contribution >= 4 is 0 Å². The molecular formula is C18H36O6. The zero-order chi connectivity index (χ0) is 18.3. The molecule has 0 aliphatic carbocycles. The minimum Gasteiger partial charge on any atom is -0.396 e. The number of aliphatic hydroxyl groups excluding tert-OH is 2. The van der Waals surface area contributed by atoms with Crippen molar-refractivity contribution < 1.29 is 29.2 Å². The summed E-state index contributed by atoms with van der Waals surface area (Å²) in [6.45, 7) is 10.6. The van der Waals surface area contributed by atoms with Gasteiger partial charge in [-0.3, -0.25) is 0 Å². The molecule has 6 nitrogen and oxygen atoms in total. The summed E-state index contributed by atoms with van der Waals surface area (Å²) in [5, 5.41) is 18.9. The first-order valence-electron chi connectivity index (χ1n) is 8.72. The number of methoxy groups -OCH3 is 1. The molecule has 1 fully saturated rings. The lowest BCUT2D eigenvalue weighted by atomic mass is 9.83. The Balaban J connectivity index is 2.70. The van der Waals surface area contributed by atoms with Crippen LogP contribution in [0, 0.1) is 16.2 Å². The van der Waals surface area contributed by atoms with Gasteiger partial charge in [0.05, 0.1) is 39.6 Å². The van der Waals surface area contributed by atoms with Gasteiger partial charge in [-0.25, -0.2) is 0 Å². The normalized spacial score (nSPS) is 26.4. The maximum atomic E-state index is 9.54. The van der Waals surface area contributed by atoms with E-state index in [1.54, 1.807) is 7.11 Å². The van der Waals surface area contributed by atoms with Crippen LogP contribution >= 0.6 is 0 Å². The Hall–Kier alpha value is -0.240. The molecule has 6 heteroatoms. The smallest absolute Gasteiger partial charge is 0.164 e. The van der Waals surface area contributed by atoms with E-state index in [-0.39, 0.29) is 24.0 Å². The van der Waals surface area contributed by atoms with Gasteiger partial charge in [0.1, 0.15) is 0 Å². The summed E-state index contributed by atoms with van der Waals surface area (Å²) < 4.78 is 23.1. The zero-order valence-electron chi connectivity index (χ0n) is 16.0. The monoisotopic (exact) mass is 348 g/mol. The highest BCUT2D eigenvalue weighted by Crippen LogP contribution is 2.35. The Bertz CT molecular complexity index is 357. The van der Waals surface area contributed by atoms with E-state index in [2.05, 4.69) is 0 Å². The van der Waals surface area contributed by atoms with E-state index in [1.807, 2.05) is 27.7 Å². The van der Waals surface area contributed by atoms with Crippen LogP contribution in [-0.4, -0.2) is 69.9 Å². The molecule has 0 spiro atoms. The van der Waals surface area contributed by atoms with Crippen molar-refractivity contribution in [1.29, 1.82) is 0 Å². The molecule has 0 aromatic heterocycles.